The van der Waals surface area contributed by atoms with E-state index in [1.54, 1.807) is 7.11 Å². The first-order valence-electron chi connectivity index (χ1n) is 4.43. The molecule has 0 radical (unpaired) electrons. The molecule has 0 aliphatic carbocycles. The predicted octanol–water partition coefficient (Wildman–Crippen LogP) is 2.60. The number of rotatable bonds is 3. The lowest BCUT2D eigenvalue weighted by Crippen LogP contribution is -1.96. The van der Waals surface area contributed by atoms with Gasteiger partial charge in [0.2, 0.25) is 0 Å². The molecule has 0 spiro atoms. The van der Waals surface area contributed by atoms with E-state index in [1.165, 1.54) is 5.56 Å². The molecule has 1 unspecified atom stereocenters. The Kier molecular flexibility index (Phi) is 7.66. The van der Waals surface area contributed by atoms with E-state index in [2.05, 4.69) is 14.5 Å². The van der Waals surface area contributed by atoms with Crippen LogP contribution in [0.3, 0.4) is 0 Å². The quantitative estimate of drug-likeness (QED) is 0.755. The number of hydrogen-bond donors (Lipinski definition) is 1. The van der Waals surface area contributed by atoms with Crippen LogP contribution in [0.2, 0.25) is 0 Å². The van der Waals surface area contributed by atoms with Crippen LogP contribution in [-0.4, -0.2) is 7.11 Å². The molecule has 74 valence electrons. The van der Waals surface area contributed by atoms with E-state index in [0.717, 1.165) is 12.3 Å². The largest absolute Gasteiger partial charge is 0.497 e. The van der Waals surface area contributed by atoms with E-state index in [0.29, 0.717) is 0 Å². The van der Waals surface area contributed by atoms with Crippen molar-refractivity contribution in [3.8, 4) is 5.75 Å². The first kappa shape index (κ1) is 12.4. The summed E-state index contributed by atoms with van der Waals surface area (Å²) in [4.78, 5) is 0. The second kappa shape index (κ2) is 8.03. The smallest absolute Gasteiger partial charge is 0.118 e. The van der Waals surface area contributed by atoms with Gasteiger partial charge in [-0.15, -0.1) is 0 Å². The van der Waals surface area contributed by atoms with Gasteiger partial charge in [0.25, 0.3) is 0 Å². The highest BCUT2D eigenvalue weighted by molar-refractivity contribution is 7.13. The lowest BCUT2D eigenvalue weighted by molar-refractivity contribution is 0.414. The van der Waals surface area contributed by atoms with Crippen LogP contribution in [0.25, 0.3) is 0 Å². The Morgan fingerprint density at radius 3 is 2.15 bits per heavy atom. The van der Waals surface area contributed by atoms with Crippen LogP contribution in [0.5, 0.6) is 5.75 Å². The average Bonchev–Trinajstić information content (AvgIpc) is 2.23. The Labute approximate surface area is 82.9 Å². The molecule has 1 atom stereocenters. The molecule has 1 aromatic rings. The Hall–Kier alpha value is -0.590. The van der Waals surface area contributed by atoms with E-state index in [1.807, 2.05) is 38.1 Å². The maximum absolute atomic E-state index is 5.02. The van der Waals surface area contributed by atoms with Crippen LogP contribution in [0, 0.1) is 0 Å². The van der Waals surface area contributed by atoms with Gasteiger partial charge in [-0.2, -0.15) is 0 Å². The van der Waals surface area contributed by atoms with E-state index >= 15 is 0 Å². The molecule has 0 aromatic heterocycles. The molecule has 0 saturated heterocycles. The van der Waals surface area contributed by atoms with Crippen molar-refractivity contribution >= 4 is 9.39 Å². The molecule has 0 heterocycles. The Bertz CT molecular complexity index is 211. The van der Waals surface area contributed by atoms with Crippen LogP contribution in [0.15, 0.2) is 24.3 Å². The summed E-state index contributed by atoms with van der Waals surface area (Å²) in [5, 5.41) is 3.00. The van der Waals surface area contributed by atoms with Crippen molar-refractivity contribution in [1.82, 2.24) is 5.09 Å². The van der Waals surface area contributed by atoms with Crippen LogP contribution in [-0.2, 0) is 6.54 Å². The molecule has 2 nitrogen and oxygen atoms in total. The fourth-order valence-corrected chi connectivity index (χ4v) is 1.10. The summed E-state index contributed by atoms with van der Waals surface area (Å²) in [7, 11) is 4.14. The minimum Gasteiger partial charge on any atom is -0.497 e. The highest BCUT2D eigenvalue weighted by atomic mass is 31.0. The average molecular weight is 199 g/mol. The van der Waals surface area contributed by atoms with Crippen LogP contribution in [0.1, 0.15) is 19.4 Å². The second-order valence-corrected chi connectivity index (χ2v) is 2.64. The van der Waals surface area contributed by atoms with Gasteiger partial charge in [0, 0.05) is 6.54 Å². The molecule has 3 heteroatoms. The Morgan fingerprint density at radius 2 is 1.77 bits per heavy atom. The molecular weight excluding hydrogens is 181 g/mol. The third-order valence-corrected chi connectivity index (χ3v) is 1.67. The van der Waals surface area contributed by atoms with Crippen molar-refractivity contribution in [1.29, 1.82) is 0 Å². The lowest BCUT2D eigenvalue weighted by atomic mass is 10.2. The van der Waals surface area contributed by atoms with Crippen LogP contribution >= 0.6 is 9.39 Å². The predicted molar refractivity (Wildman–Crippen MR) is 60.9 cm³/mol. The van der Waals surface area contributed by atoms with Gasteiger partial charge in [0.1, 0.15) is 5.75 Å². The topological polar surface area (TPSA) is 21.3 Å². The highest BCUT2D eigenvalue weighted by Crippen LogP contribution is 2.10. The zero-order valence-corrected chi connectivity index (χ0v) is 9.66. The minimum absolute atomic E-state index is 0.870. The zero-order chi connectivity index (χ0) is 10.1. The van der Waals surface area contributed by atoms with Crippen molar-refractivity contribution in [2.75, 3.05) is 7.11 Å². The van der Waals surface area contributed by atoms with Crippen molar-refractivity contribution in [2.24, 2.45) is 0 Å². The fraction of sp³-hybridized carbons (Fsp3) is 0.400. The molecule has 0 amide bonds. The van der Waals surface area contributed by atoms with Gasteiger partial charge >= 0.3 is 0 Å². The standard InChI is InChI=1S/C8H12NOP.C2H6/c1-10-8-4-2-7(3-5-8)6-9-11;1-2/h2-5,9H,6,11H2,1H3;1-2H3. The van der Waals surface area contributed by atoms with Gasteiger partial charge in [-0.25, -0.2) is 0 Å². The third-order valence-electron chi connectivity index (χ3n) is 1.47. The summed E-state index contributed by atoms with van der Waals surface area (Å²) in [6.07, 6.45) is 0. The van der Waals surface area contributed by atoms with Crippen molar-refractivity contribution in [3.63, 3.8) is 0 Å². The highest BCUT2D eigenvalue weighted by Gasteiger charge is 1.90. The molecule has 0 aliphatic heterocycles. The summed E-state index contributed by atoms with van der Waals surface area (Å²) in [6.45, 7) is 4.87. The number of benzene rings is 1. The van der Waals surface area contributed by atoms with Crippen molar-refractivity contribution in [2.45, 2.75) is 20.4 Å². The van der Waals surface area contributed by atoms with Crippen LogP contribution in [0.4, 0.5) is 0 Å². The van der Waals surface area contributed by atoms with E-state index in [4.69, 9.17) is 4.74 Å². The summed E-state index contributed by atoms with van der Waals surface area (Å²) in [6, 6.07) is 7.99. The van der Waals surface area contributed by atoms with Gasteiger partial charge < -0.3 is 4.74 Å². The first-order chi connectivity index (χ1) is 6.36. The van der Waals surface area contributed by atoms with Gasteiger partial charge in [-0.3, -0.25) is 5.09 Å². The summed E-state index contributed by atoms with van der Waals surface area (Å²) in [5.74, 6) is 0.900. The number of hydrogen-bond acceptors (Lipinski definition) is 2. The van der Waals surface area contributed by atoms with Gasteiger partial charge in [-0.1, -0.05) is 35.4 Å². The summed E-state index contributed by atoms with van der Waals surface area (Å²) in [5.41, 5.74) is 1.25. The fourth-order valence-electron chi connectivity index (χ4n) is 0.861. The molecule has 1 aromatic carbocycles. The molecule has 1 N–H and O–H groups in total. The first-order valence-corrected chi connectivity index (χ1v) is 5.01. The monoisotopic (exact) mass is 199 g/mol. The zero-order valence-electron chi connectivity index (χ0n) is 8.50. The molecule has 0 aliphatic rings. The summed E-state index contributed by atoms with van der Waals surface area (Å²) >= 11 is 0. The maximum atomic E-state index is 5.02. The molecule has 0 bridgehead atoms. The van der Waals surface area contributed by atoms with Gasteiger partial charge in [-0.05, 0) is 17.7 Å². The third kappa shape index (κ3) is 4.87. The van der Waals surface area contributed by atoms with Crippen molar-refractivity contribution < 1.29 is 4.74 Å². The van der Waals surface area contributed by atoms with Crippen LogP contribution < -0.4 is 9.82 Å². The van der Waals surface area contributed by atoms with Gasteiger partial charge in [0.05, 0.1) is 7.11 Å². The number of methoxy groups -OCH3 is 1. The second-order valence-electron chi connectivity index (χ2n) is 2.23. The molecule has 0 saturated carbocycles. The van der Waals surface area contributed by atoms with E-state index in [9.17, 15) is 0 Å². The SMILES string of the molecule is CC.COc1ccc(CNP)cc1. The summed E-state index contributed by atoms with van der Waals surface area (Å²) < 4.78 is 5.02. The molecule has 13 heavy (non-hydrogen) atoms. The normalized spacial score (nSPS) is 8.62. The molecule has 0 fully saturated rings. The van der Waals surface area contributed by atoms with E-state index < -0.39 is 0 Å². The lowest BCUT2D eigenvalue weighted by Gasteiger charge is -2.01. The Morgan fingerprint density at radius 1 is 1.23 bits per heavy atom. The number of nitrogens with one attached hydrogen (secondary N) is 1. The molecular formula is C10H18NOP. The van der Waals surface area contributed by atoms with E-state index in [-0.39, 0.29) is 0 Å². The Balaban J connectivity index is 0.000000671. The molecule has 1 rings (SSSR count). The number of ether oxygens (including phenoxy) is 1. The van der Waals surface area contributed by atoms with Crippen molar-refractivity contribution in [3.05, 3.63) is 29.8 Å². The maximum Gasteiger partial charge on any atom is 0.118 e. The minimum atomic E-state index is 0.870. The van der Waals surface area contributed by atoms with Gasteiger partial charge in [0.15, 0.2) is 0 Å².